The Balaban J connectivity index is 2.66. The predicted molar refractivity (Wildman–Crippen MR) is 72.2 cm³/mol. The summed E-state index contributed by atoms with van der Waals surface area (Å²) in [6.07, 6.45) is 1.78. The van der Waals surface area contributed by atoms with Crippen LogP contribution in [0.4, 0.5) is 5.82 Å². The molecule has 0 saturated heterocycles. The van der Waals surface area contributed by atoms with Crippen molar-refractivity contribution in [3.8, 4) is 0 Å². The second kappa shape index (κ2) is 6.08. The number of guanidine groups is 1. The van der Waals surface area contributed by atoms with Gasteiger partial charge in [0.2, 0.25) is 0 Å². The SMILES string of the molecule is CC(C)NC(N)=NCc1ccnc(N(C)C)c1. The molecule has 1 aromatic heterocycles. The van der Waals surface area contributed by atoms with E-state index < -0.39 is 0 Å². The highest BCUT2D eigenvalue weighted by Crippen LogP contribution is 2.10. The Bertz CT molecular complexity index is 384. The molecule has 0 spiro atoms. The fourth-order valence-electron chi connectivity index (χ4n) is 1.32. The molecular weight excluding hydrogens is 214 g/mol. The Hall–Kier alpha value is -1.78. The first-order valence-electron chi connectivity index (χ1n) is 5.67. The van der Waals surface area contributed by atoms with Crippen molar-refractivity contribution in [3.63, 3.8) is 0 Å². The van der Waals surface area contributed by atoms with Crippen molar-refractivity contribution in [3.05, 3.63) is 23.9 Å². The molecule has 1 heterocycles. The van der Waals surface area contributed by atoms with Crippen LogP contribution in [0, 0.1) is 0 Å². The zero-order valence-electron chi connectivity index (χ0n) is 10.9. The molecule has 0 aromatic carbocycles. The summed E-state index contributed by atoms with van der Waals surface area (Å²) in [4.78, 5) is 10.5. The number of nitrogens with zero attached hydrogens (tertiary/aromatic N) is 3. The van der Waals surface area contributed by atoms with Crippen LogP contribution in [-0.4, -0.2) is 31.1 Å². The van der Waals surface area contributed by atoms with E-state index in [0.29, 0.717) is 18.5 Å². The van der Waals surface area contributed by atoms with Crippen molar-refractivity contribution >= 4 is 11.8 Å². The van der Waals surface area contributed by atoms with Gasteiger partial charge in [0.15, 0.2) is 5.96 Å². The first-order valence-corrected chi connectivity index (χ1v) is 5.67. The number of pyridine rings is 1. The fourth-order valence-corrected chi connectivity index (χ4v) is 1.32. The highest BCUT2D eigenvalue weighted by molar-refractivity contribution is 5.78. The number of nitrogens with two attached hydrogens (primary N) is 1. The van der Waals surface area contributed by atoms with Gasteiger partial charge in [-0.05, 0) is 31.5 Å². The molecule has 0 fully saturated rings. The van der Waals surface area contributed by atoms with Gasteiger partial charge in [-0.3, -0.25) is 0 Å². The average molecular weight is 235 g/mol. The molecule has 0 aliphatic carbocycles. The lowest BCUT2D eigenvalue weighted by atomic mass is 10.2. The van der Waals surface area contributed by atoms with Crippen LogP contribution in [0.3, 0.4) is 0 Å². The van der Waals surface area contributed by atoms with Crippen molar-refractivity contribution in [2.24, 2.45) is 10.7 Å². The summed E-state index contributed by atoms with van der Waals surface area (Å²) in [7, 11) is 3.92. The van der Waals surface area contributed by atoms with E-state index in [1.54, 1.807) is 6.20 Å². The summed E-state index contributed by atoms with van der Waals surface area (Å²) in [5.74, 6) is 1.40. The third-order valence-electron chi connectivity index (χ3n) is 2.14. The van der Waals surface area contributed by atoms with Gasteiger partial charge in [0.25, 0.3) is 0 Å². The highest BCUT2D eigenvalue weighted by Gasteiger charge is 1.99. The second-order valence-corrected chi connectivity index (χ2v) is 4.42. The maximum absolute atomic E-state index is 5.73. The Morgan fingerprint density at radius 1 is 1.53 bits per heavy atom. The molecule has 3 N–H and O–H groups in total. The third kappa shape index (κ3) is 4.72. The molecule has 1 aromatic rings. The van der Waals surface area contributed by atoms with Gasteiger partial charge in [-0.2, -0.15) is 0 Å². The van der Waals surface area contributed by atoms with E-state index in [9.17, 15) is 0 Å². The summed E-state index contributed by atoms with van der Waals surface area (Å²) in [6.45, 7) is 4.62. The summed E-state index contributed by atoms with van der Waals surface area (Å²) in [5, 5.41) is 3.05. The standard InChI is InChI=1S/C12H21N5/c1-9(2)16-12(13)15-8-10-5-6-14-11(7-10)17(3)4/h5-7,9H,8H2,1-4H3,(H3,13,15,16). The molecule has 0 radical (unpaired) electrons. The zero-order chi connectivity index (χ0) is 12.8. The van der Waals surface area contributed by atoms with Crippen molar-refractivity contribution in [2.45, 2.75) is 26.4 Å². The minimum absolute atomic E-state index is 0.300. The topological polar surface area (TPSA) is 66.5 Å². The molecule has 1 rings (SSSR count). The van der Waals surface area contributed by atoms with Gasteiger partial charge in [0.1, 0.15) is 5.82 Å². The number of hydrogen-bond donors (Lipinski definition) is 2. The predicted octanol–water partition coefficient (Wildman–Crippen LogP) is 0.960. The van der Waals surface area contributed by atoms with Gasteiger partial charge in [0, 0.05) is 26.3 Å². The number of rotatable bonds is 4. The van der Waals surface area contributed by atoms with Crippen LogP contribution in [0.2, 0.25) is 0 Å². The van der Waals surface area contributed by atoms with Gasteiger partial charge in [-0.25, -0.2) is 9.98 Å². The van der Waals surface area contributed by atoms with Gasteiger partial charge in [-0.1, -0.05) is 0 Å². The van der Waals surface area contributed by atoms with E-state index >= 15 is 0 Å². The Morgan fingerprint density at radius 2 is 2.24 bits per heavy atom. The van der Waals surface area contributed by atoms with E-state index in [4.69, 9.17) is 5.73 Å². The smallest absolute Gasteiger partial charge is 0.189 e. The number of hydrogen-bond acceptors (Lipinski definition) is 3. The normalized spacial score (nSPS) is 11.7. The summed E-state index contributed by atoms with van der Waals surface area (Å²) in [6, 6.07) is 4.25. The molecule has 5 nitrogen and oxygen atoms in total. The molecule has 0 saturated carbocycles. The molecule has 94 valence electrons. The quantitative estimate of drug-likeness (QED) is 0.602. The summed E-state index contributed by atoms with van der Waals surface area (Å²) in [5.41, 5.74) is 6.83. The fraction of sp³-hybridized carbons (Fsp3) is 0.500. The minimum Gasteiger partial charge on any atom is -0.370 e. The Morgan fingerprint density at radius 3 is 2.82 bits per heavy atom. The van der Waals surface area contributed by atoms with Crippen molar-refractivity contribution in [2.75, 3.05) is 19.0 Å². The van der Waals surface area contributed by atoms with E-state index in [-0.39, 0.29) is 0 Å². The van der Waals surface area contributed by atoms with E-state index in [1.165, 1.54) is 0 Å². The van der Waals surface area contributed by atoms with Gasteiger partial charge >= 0.3 is 0 Å². The lowest BCUT2D eigenvalue weighted by molar-refractivity contribution is 0.723. The summed E-state index contributed by atoms with van der Waals surface area (Å²) >= 11 is 0. The van der Waals surface area contributed by atoms with Crippen LogP contribution in [0.5, 0.6) is 0 Å². The molecule has 0 aliphatic heterocycles. The largest absolute Gasteiger partial charge is 0.370 e. The van der Waals surface area contributed by atoms with Gasteiger partial charge in [0.05, 0.1) is 6.54 Å². The van der Waals surface area contributed by atoms with Crippen molar-refractivity contribution in [1.82, 2.24) is 10.3 Å². The molecular formula is C12H21N5. The van der Waals surface area contributed by atoms with Crippen LogP contribution in [0.15, 0.2) is 23.3 Å². The van der Waals surface area contributed by atoms with Gasteiger partial charge < -0.3 is 16.0 Å². The van der Waals surface area contributed by atoms with Crippen molar-refractivity contribution < 1.29 is 0 Å². The summed E-state index contributed by atoms with van der Waals surface area (Å²) < 4.78 is 0. The molecule has 0 unspecified atom stereocenters. The maximum Gasteiger partial charge on any atom is 0.189 e. The molecule has 0 bridgehead atoms. The first-order chi connectivity index (χ1) is 7.99. The second-order valence-electron chi connectivity index (χ2n) is 4.42. The van der Waals surface area contributed by atoms with Crippen LogP contribution in [0.25, 0.3) is 0 Å². The number of nitrogens with one attached hydrogen (secondary N) is 1. The highest BCUT2D eigenvalue weighted by atomic mass is 15.1. The van der Waals surface area contributed by atoms with Crippen LogP contribution in [-0.2, 0) is 6.54 Å². The molecule has 17 heavy (non-hydrogen) atoms. The third-order valence-corrected chi connectivity index (χ3v) is 2.14. The van der Waals surface area contributed by atoms with E-state index in [2.05, 4.69) is 15.3 Å². The Kier molecular flexibility index (Phi) is 4.75. The average Bonchev–Trinajstić information content (AvgIpc) is 2.26. The van der Waals surface area contributed by atoms with Crippen molar-refractivity contribution in [1.29, 1.82) is 0 Å². The van der Waals surface area contributed by atoms with Crippen LogP contribution in [0.1, 0.15) is 19.4 Å². The lowest BCUT2D eigenvalue weighted by Crippen LogP contribution is -2.36. The number of anilines is 1. The van der Waals surface area contributed by atoms with Crippen LogP contribution >= 0.6 is 0 Å². The Labute approximate surface area is 103 Å². The van der Waals surface area contributed by atoms with E-state index in [0.717, 1.165) is 11.4 Å². The number of aliphatic imine (C=N–C) groups is 1. The monoisotopic (exact) mass is 235 g/mol. The molecule has 0 atom stereocenters. The molecule has 0 amide bonds. The lowest BCUT2D eigenvalue weighted by Gasteiger charge is -2.12. The molecule has 5 heteroatoms. The number of aromatic nitrogens is 1. The van der Waals surface area contributed by atoms with Gasteiger partial charge in [-0.15, -0.1) is 0 Å². The maximum atomic E-state index is 5.73. The zero-order valence-corrected chi connectivity index (χ0v) is 10.9. The first kappa shape index (κ1) is 13.3. The minimum atomic E-state index is 0.300. The molecule has 0 aliphatic rings. The van der Waals surface area contributed by atoms with Crippen LogP contribution < -0.4 is 16.0 Å². The van der Waals surface area contributed by atoms with E-state index in [1.807, 2.05) is 45.0 Å².